The maximum atomic E-state index is 14.4. The molecular weight excluding hydrogens is 516 g/mol. The highest BCUT2D eigenvalue weighted by molar-refractivity contribution is 6.32. The van der Waals surface area contributed by atoms with E-state index >= 15 is 0 Å². The standard InChI is InChI=1S/C26H18ClF2N7O2/c1-26(13-2-4-15(27)19(37)10-13)20-21(30)33-22(34-23(20)35-25(26)38)18-11-36-7-6-31-24(36)17(32-18)9-12-8-14(28)3-5-16(12)29/h2-8,10-11,37H,9H2,1H3,(H3,30,33,34,35,38)/t26-/m0/s1. The van der Waals surface area contributed by atoms with Crippen LogP contribution in [0.4, 0.5) is 20.4 Å². The van der Waals surface area contributed by atoms with Crippen molar-refractivity contribution in [3.63, 3.8) is 0 Å². The number of nitrogens with zero attached hydrogens (tertiary/aromatic N) is 5. The molecule has 4 heterocycles. The number of phenolic OH excluding ortho intramolecular Hbond substituents is 1. The third-order valence-electron chi connectivity index (χ3n) is 6.68. The maximum absolute atomic E-state index is 14.4. The number of nitrogens with one attached hydrogen (secondary N) is 1. The molecule has 0 saturated carbocycles. The second-order valence-electron chi connectivity index (χ2n) is 9.04. The number of rotatable bonds is 4. The van der Waals surface area contributed by atoms with Gasteiger partial charge in [0.25, 0.3) is 0 Å². The van der Waals surface area contributed by atoms with Crippen LogP contribution in [0.5, 0.6) is 5.75 Å². The van der Waals surface area contributed by atoms with Gasteiger partial charge in [0, 0.05) is 25.0 Å². The first-order chi connectivity index (χ1) is 18.1. The maximum Gasteiger partial charge on any atom is 0.240 e. The summed E-state index contributed by atoms with van der Waals surface area (Å²) in [6.07, 6.45) is 4.82. The number of phenols is 1. The van der Waals surface area contributed by atoms with Crippen molar-refractivity contribution in [3.8, 4) is 17.3 Å². The second kappa shape index (κ2) is 8.45. The summed E-state index contributed by atoms with van der Waals surface area (Å²) in [6, 6.07) is 7.72. The molecule has 0 spiro atoms. The number of aromatic hydroxyl groups is 1. The van der Waals surface area contributed by atoms with E-state index in [0.717, 1.165) is 18.2 Å². The van der Waals surface area contributed by atoms with Crippen LogP contribution in [0, 0.1) is 11.6 Å². The molecule has 3 aromatic heterocycles. The van der Waals surface area contributed by atoms with E-state index in [2.05, 4.69) is 25.3 Å². The Morgan fingerprint density at radius 2 is 1.97 bits per heavy atom. The Hall–Kier alpha value is -4.64. The number of hydrogen-bond donors (Lipinski definition) is 3. The molecule has 4 N–H and O–H groups in total. The van der Waals surface area contributed by atoms with E-state index in [1.807, 2.05) is 0 Å². The van der Waals surface area contributed by atoms with Crippen LogP contribution in [-0.2, 0) is 16.6 Å². The predicted molar refractivity (Wildman–Crippen MR) is 136 cm³/mol. The molecule has 1 aliphatic heterocycles. The van der Waals surface area contributed by atoms with Gasteiger partial charge in [-0.15, -0.1) is 0 Å². The van der Waals surface area contributed by atoms with Crippen LogP contribution in [0.2, 0.25) is 5.02 Å². The quantitative estimate of drug-likeness (QED) is 0.314. The molecule has 9 nitrogen and oxygen atoms in total. The summed E-state index contributed by atoms with van der Waals surface area (Å²) in [6.45, 7) is 1.65. The highest BCUT2D eigenvalue weighted by atomic mass is 35.5. The number of imidazole rings is 1. The van der Waals surface area contributed by atoms with Gasteiger partial charge in [0.1, 0.15) is 40.1 Å². The zero-order valence-electron chi connectivity index (χ0n) is 19.7. The van der Waals surface area contributed by atoms with E-state index in [9.17, 15) is 18.7 Å². The first-order valence-corrected chi connectivity index (χ1v) is 11.8. The lowest BCUT2D eigenvalue weighted by Gasteiger charge is -2.23. The van der Waals surface area contributed by atoms with Crippen molar-refractivity contribution >= 4 is 34.8 Å². The molecular formula is C26H18ClF2N7O2. The van der Waals surface area contributed by atoms with Crippen LogP contribution < -0.4 is 11.1 Å². The van der Waals surface area contributed by atoms with Crippen LogP contribution in [0.15, 0.2) is 55.0 Å². The lowest BCUT2D eigenvalue weighted by Crippen LogP contribution is -2.32. The van der Waals surface area contributed by atoms with E-state index in [1.54, 1.807) is 36.0 Å². The van der Waals surface area contributed by atoms with Gasteiger partial charge in [0.15, 0.2) is 11.5 Å². The largest absolute Gasteiger partial charge is 0.506 e. The molecule has 0 fully saturated rings. The van der Waals surface area contributed by atoms with Gasteiger partial charge < -0.3 is 20.6 Å². The van der Waals surface area contributed by atoms with Gasteiger partial charge in [-0.2, -0.15) is 0 Å². The summed E-state index contributed by atoms with van der Waals surface area (Å²) in [7, 11) is 0. The lowest BCUT2D eigenvalue weighted by atomic mass is 9.77. The van der Waals surface area contributed by atoms with Crippen LogP contribution in [0.3, 0.4) is 0 Å². The van der Waals surface area contributed by atoms with Crippen molar-refractivity contribution in [1.29, 1.82) is 0 Å². The number of amides is 1. The highest BCUT2D eigenvalue weighted by Gasteiger charge is 2.47. The third kappa shape index (κ3) is 3.62. The van der Waals surface area contributed by atoms with E-state index in [4.69, 9.17) is 17.3 Å². The van der Waals surface area contributed by atoms with Gasteiger partial charge in [-0.05, 0) is 48.4 Å². The molecule has 12 heteroatoms. The van der Waals surface area contributed by atoms with Gasteiger partial charge in [-0.25, -0.2) is 28.7 Å². The SMILES string of the molecule is C[C@@]1(c2ccc(Cl)c(O)c2)C(=O)Nc2nc(-c3cn4ccnc4c(Cc4cc(F)ccc4F)n3)nc(N)c21. The van der Waals surface area contributed by atoms with Gasteiger partial charge in [-0.3, -0.25) is 4.79 Å². The monoisotopic (exact) mass is 533 g/mol. The Morgan fingerprint density at radius 3 is 2.76 bits per heavy atom. The van der Waals surface area contributed by atoms with Crippen molar-refractivity contribution in [2.24, 2.45) is 0 Å². The summed E-state index contributed by atoms with van der Waals surface area (Å²) in [5, 5.41) is 13.0. The van der Waals surface area contributed by atoms with Crippen LogP contribution in [0.1, 0.15) is 29.3 Å². The number of benzene rings is 2. The summed E-state index contributed by atoms with van der Waals surface area (Å²) in [4.78, 5) is 31.0. The molecule has 0 radical (unpaired) electrons. The second-order valence-corrected chi connectivity index (χ2v) is 9.45. The highest BCUT2D eigenvalue weighted by Crippen LogP contribution is 2.46. The van der Waals surface area contributed by atoms with Crippen molar-refractivity contribution in [2.45, 2.75) is 18.8 Å². The average Bonchev–Trinajstić information content (AvgIpc) is 3.46. The number of nitrogen functional groups attached to an aromatic ring is 1. The minimum absolute atomic E-state index is 0.0329. The molecule has 5 aromatic rings. The van der Waals surface area contributed by atoms with Crippen molar-refractivity contribution in [3.05, 3.63) is 94.0 Å². The number of carbonyl (C=O) groups is 1. The number of carbonyl (C=O) groups excluding carboxylic acids is 1. The van der Waals surface area contributed by atoms with Crippen LogP contribution >= 0.6 is 11.6 Å². The Balaban J connectivity index is 1.47. The zero-order valence-corrected chi connectivity index (χ0v) is 20.5. The lowest BCUT2D eigenvalue weighted by molar-refractivity contribution is -0.119. The van der Waals surface area contributed by atoms with Crippen molar-refractivity contribution < 1.29 is 18.7 Å². The fourth-order valence-corrected chi connectivity index (χ4v) is 4.82. The van der Waals surface area contributed by atoms with Crippen LogP contribution in [0.25, 0.3) is 17.2 Å². The minimum atomic E-state index is -1.29. The van der Waals surface area contributed by atoms with E-state index in [-0.39, 0.29) is 45.9 Å². The molecule has 1 atom stereocenters. The number of anilines is 2. The van der Waals surface area contributed by atoms with Gasteiger partial charge in [-0.1, -0.05) is 17.7 Å². The number of hydrogen-bond acceptors (Lipinski definition) is 7. The van der Waals surface area contributed by atoms with Gasteiger partial charge >= 0.3 is 0 Å². The Kier molecular flexibility index (Phi) is 5.28. The summed E-state index contributed by atoms with van der Waals surface area (Å²) >= 11 is 5.95. The van der Waals surface area contributed by atoms with E-state index in [1.165, 1.54) is 12.1 Å². The smallest absolute Gasteiger partial charge is 0.240 e. The molecule has 190 valence electrons. The fraction of sp³-hybridized carbons (Fsp3) is 0.115. The van der Waals surface area contributed by atoms with Crippen molar-refractivity contribution in [2.75, 3.05) is 11.1 Å². The fourth-order valence-electron chi connectivity index (χ4n) is 4.70. The normalized spacial score (nSPS) is 16.6. The third-order valence-corrected chi connectivity index (χ3v) is 7.00. The molecule has 0 bridgehead atoms. The van der Waals surface area contributed by atoms with Crippen LogP contribution in [-0.4, -0.2) is 35.4 Å². The summed E-state index contributed by atoms with van der Waals surface area (Å²) in [5.41, 5.74) is 7.10. The number of halogens is 3. The van der Waals surface area contributed by atoms with Crippen molar-refractivity contribution in [1.82, 2.24) is 24.3 Å². The first-order valence-electron chi connectivity index (χ1n) is 11.4. The molecule has 0 saturated heterocycles. The Labute approximate surface area is 219 Å². The Morgan fingerprint density at radius 1 is 1.16 bits per heavy atom. The number of nitrogens with two attached hydrogens (primary N) is 1. The van der Waals surface area contributed by atoms with E-state index in [0.29, 0.717) is 22.5 Å². The number of aromatic nitrogens is 5. The predicted octanol–water partition coefficient (Wildman–Crippen LogP) is 4.25. The molecule has 0 aliphatic carbocycles. The average molecular weight is 534 g/mol. The molecule has 1 aliphatic rings. The number of fused-ring (bicyclic) bond motifs is 2. The molecule has 2 aromatic carbocycles. The topological polar surface area (TPSA) is 131 Å². The zero-order chi connectivity index (χ0) is 26.8. The van der Waals surface area contributed by atoms with Gasteiger partial charge in [0.2, 0.25) is 5.91 Å². The minimum Gasteiger partial charge on any atom is -0.506 e. The molecule has 0 unspecified atom stereocenters. The van der Waals surface area contributed by atoms with Gasteiger partial charge in [0.05, 0.1) is 16.3 Å². The molecule has 1 amide bonds. The summed E-state index contributed by atoms with van der Waals surface area (Å²) in [5.74, 6) is -1.39. The molecule has 6 rings (SSSR count). The molecule has 38 heavy (non-hydrogen) atoms. The Bertz CT molecular complexity index is 1790. The van der Waals surface area contributed by atoms with E-state index < -0.39 is 23.0 Å². The summed E-state index contributed by atoms with van der Waals surface area (Å²) < 4.78 is 29.8. The first kappa shape index (κ1) is 23.7.